The van der Waals surface area contributed by atoms with E-state index in [-0.39, 0.29) is 0 Å². The fourth-order valence-electron chi connectivity index (χ4n) is 3.47. The minimum atomic E-state index is 0.772. The Labute approximate surface area is 129 Å². The van der Waals surface area contributed by atoms with Crippen LogP contribution in [0.1, 0.15) is 31.2 Å². The van der Waals surface area contributed by atoms with Crippen LogP contribution in [-0.4, -0.2) is 37.1 Å². The van der Waals surface area contributed by atoms with Gasteiger partial charge in [-0.05, 0) is 31.0 Å². The van der Waals surface area contributed by atoms with Gasteiger partial charge in [0.05, 0.1) is 11.3 Å². The molecule has 2 fully saturated rings. The van der Waals surface area contributed by atoms with Gasteiger partial charge in [-0.25, -0.2) is 0 Å². The average molecular weight is 334 g/mol. The van der Waals surface area contributed by atoms with Crippen LogP contribution in [0.3, 0.4) is 0 Å². The molecule has 0 N–H and O–H groups in total. The van der Waals surface area contributed by atoms with Crippen LogP contribution in [-0.2, 0) is 0 Å². The van der Waals surface area contributed by atoms with Gasteiger partial charge in [0.2, 0.25) is 0 Å². The predicted octanol–water partition coefficient (Wildman–Crippen LogP) is 3.39. The largest absolute Gasteiger partial charge is 0.368 e. The number of benzene rings is 1. The van der Waals surface area contributed by atoms with Crippen molar-refractivity contribution < 1.29 is 0 Å². The maximum Gasteiger partial charge on any atom is 0.101 e. The van der Waals surface area contributed by atoms with Gasteiger partial charge in [0.25, 0.3) is 0 Å². The maximum absolute atomic E-state index is 9.29. The van der Waals surface area contributed by atoms with E-state index in [1.165, 1.54) is 25.7 Å². The molecule has 1 aliphatic heterocycles. The van der Waals surface area contributed by atoms with Gasteiger partial charge >= 0.3 is 0 Å². The standard InChI is InChI=1S/C16H20BrN3/c17-14-5-6-16(13(11-14)12-18)20-9-7-19(8-10-20)15-3-1-2-4-15/h5-6,11,15H,1-4,7-10H2. The zero-order valence-electron chi connectivity index (χ0n) is 11.7. The highest BCUT2D eigenvalue weighted by molar-refractivity contribution is 9.10. The van der Waals surface area contributed by atoms with Crippen molar-refractivity contribution in [3.8, 4) is 6.07 Å². The van der Waals surface area contributed by atoms with Crippen molar-refractivity contribution in [3.63, 3.8) is 0 Å². The highest BCUT2D eigenvalue weighted by Crippen LogP contribution is 2.28. The normalized spacial score (nSPS) is 21.1. The summed E-state index contributed by atoms with van der Waals surface area (Å²) in [6.45, 7) is 4.33. The van der Waals surface area contributed by atoms with E-state index in [1.807, 2.05) is 12.1 Å². The number of halogens is 1. The minimum absolute atomic E-state index is 0.772. The molecule has 3 nitrogen and oxygen atoms in total. The molecule has 1 saturated heterocycles. The molecule has 3 rings (SSSR count). The second kappa shape index (κ2) is 6.15. The number of nitriles is 1. The summed E-state index contributed by atoms with van der Waals surface area (Å²) in [4.78, 5) is 5.00. The van der Waals surface area contributed by atoms with Gasteiger partial charge < -0.3 is 4.90 Å². The van der Waals surface area contributed by atoms with Crippen molar-refractivity contribution in [2.75, 3.05) is 31.1 Å². The van der Waals surface area contributed by atoms with Gasteiger partial charge in [0, 0.05) is 36.7 Å². The molecule has 0 bridgehead atoms. The number of rotatable bonds is 2. The fraction of sp³-hybridized carbons (Fsp3) is 0.562. The van der Waals surface area contributed by atoms with Crippen LogP contribution < -0.4 is 4.90 Å². The second-order valence-electron chi connectivity index (χ2n) is 5.73. The van der Waals surface area contributed by atoms with Gasteiger partial charge in [-0.2, -0.15) is 5.26 Å². The third-order valence-corrected chi connectivity index (χ3v) is 5.07. The maximum atomic E-state index is 9.29. The van der Waals surface area contributed by atoms with Gasteiger partial charge in [-0.3, -0.25) is 4.90 Å². The Morgan fingerprint density at radius 2 is 1.80 bits per heavy atom. The first-order valence-corrected chi connectivity index (χ1v) is 8.26. The molecular formula is C16H20BrN3. The molecule has 1 aliphatic carbocycles. The molecule has 0 spiro atoms. The second-order valence-corrected chi connectivity index (χ2v) is 6.65. The molecule has 0 amide bonds. The molecular weight excluding hydrogens is 314 g/mol. The molecule has 0 radical (unpaired) electrons. The van der Waals surface area contributed by atoms with E-state index < -0.39 is 0 Å². The smallest absolute Gasteiger partial charge is 0.101 e. The van der Waals surface area contributed by atoms with Crippen LogP contribution in [0.2, 0.25) is 0 Å². The van der Waals surface area contributed by atoms with Gasteiger partial charge in [-0.15, -0.1) is 0 Å². The van der Waals surface area contributed by atoms with Crippen LogP contribution in [0.25, 0.3) is 0 Å². The number of piperazine rings is 1. The van der Waals surface area contributed by atoms with Crippen molar-refractivity contribution in [2.45, 2.75) is 31.7 Å². The van der Waals surface area contributed by atoms with Crippen LogP contribution >= 0.6 is 15.9 Å². The van der Waals surface area contributed by atoms with Crippen LogP contribution in [0.15, 0.2) is 22.7 Å². The van der Waals surface area contributed by atoms with E-state index in [4.69, 9.17) is 0 Å². The highest BCUT2D eigenvalue weighted by Gasteiger charge is 2.26. The lowest BCUT2D eigenvalue weighted by molar-refractivity contribution is 0.187. The predicted molar refractivity (Wildman–Crippen MR) is 84.9 cm³/mol. The minimum Gasteiger partial charge on any atom is -0.368 e. The van der Waals surface area contributed by atoms with E-state index in [0.717, 1.165) is 47.9 Å². The van der Waals surface area contributed by atoms with E-state index in [0.29, 0.717) is 0 Å². The van der Waals surface area contributed by atoms with E-state index in [2.05, 4.69) is 37.9 Å². The topological polar surface area (TPSA) is 30.3 Å². The molecule has 0 aromatic heterocycles. The molecule has 1 aromatic carbocycles. The third-order valence-electron chi connectivity index (χ3n) is 4.58. The number of hydrogen-bond acceptors (Lipinski definition) is 3. The quantitative estimate of drug-likeness (QED) is 0.831. The SMILES string of the molecule is N#Cc1cc(Br)ccc1N1CCN(C2CCCC2)CC1. The monoisotopic (exact) mass is 333 g/mol. The molecule has 1 aromatic rings. The Hall–Kier alpha value is -1.05. The molecule has 2 aliphatic rings. The van der Waals surface area contributed by atoms with Crippen molar-refractivity contribution in [1.82, 2.24) is 4.90 Å². The summed E-state index contributed by atoms with van der Waals surface area (Å²) in [7, 11) is 0. The Balaban J connectivity index is 1.67. The summed E-state index contributed by atoms with van der Waals surface area (Å²) >= 11 is 3.44. The molecule has 0 atom stereocenters. The van der Waals surface area contributed by atoms with Crippen LogP contribution in [0.5, 0.6) is 0 Å². The average Bonchev–Trinajstić information content (AvgIpc) is 3.01. The van der Waals surface area contributed by atoms with E-state index in [9.17, 15) is 5.26 Å². The zero-order chi connectivity index (χ0) is 13.9. The molecule has 1 saturated carbocycles. The molecule has 20 heavy (non-hydrogen) atoms. The Bertz CT molecular complexity index is 509. The van der Waals surface area contributed by atoms with Crippen molar-refractivity contribution in [2.24, 2.45) is 0 Å². The first-order chi connectivity index (χ1) is 9.78. The van der Waals surface area contributed by atoms with Crippen molar-refractivity contribution in [1.29, 1.82) is 5.26 Å². The Kier molecular flexibility index (Phi) is 4.28. The van der Waals surface area contributed by atoms with E-state index >= 15 is 0 Å². The van der Waals surface area contributed by atoms with Crippen molar-refractivity contribution in [3.05, 3.63) is 28.2 Å². The summed E-state index contributed by atoms with van der Waals surface area (Å²) in [5.74, 6) is 0. The Morgan fingerprint density at radius 3 is 2.45 bits per heavy atom. The summed E-state index contributed by atoms with van der Waals surface area (Å²) < 4.78 is 0.974. The fourth-order valence-corrected chi connectivity index (χ4v) is 3.83. The van der Waals surface area contributed by atoms with Crippen LogP contribution in [0.4, 0.5) is 5.69 Å². The summed E-state index contributed by atoms with van der Waals surface area (Å²) in [5, 5.41) is 9.29. The van der Waals surface area contributed by atoms with E-state index in [1.54, 1.807) is 0 Å². The third kappa shape index (κ3) is 2.84. The molecule has 106 valence electrons. The lowest BCUT2D eigenvalue weighted by Crippen LogP contribution is -2.49. The van der Waals surface area contributed by atoms with Gasteiger partial charge in [0.1, 0.15) is 6.07 Å². The molecule has 1 heterocycles. The summed E-state index contributed by atoms with van der Waals surface area (Å²) in [6.07, 6.45) is 5.55. The van der Waals surface area contributed by atoms with Gasteiger partial charge in [0.15, 0.2) is 0 Å². The summed E-state index contributed by atoms with van der Waals surface area (Å²) in [5.41, 5.74) is 1.86. The number of hydrogen-bond donors (Lipinski definition) is 0. The summed E-state index contributed by atoms with van der Waals surface area (Å²) in [6, 6.07) is 9.14. The lowest BCUT2D eigenvalue weighted by Gasteiger charge is -2.39. The first-order valence-electron chi connectivity index (χ1n) is 7.46. The van der Waals surface area contributed by atoms with Gasteiger partial charge in [-0.1, -0.05) is 28.8 Å². The van der Waals surface area contributed by atoms with Crippen LogP contribution in [0, 0.1) is 11.3 Å². The number of anilines is 1. The zero-order valence-corrected chi connectivity index (χ0v) is 13.3. The number of nitrogens with zero attached hydrogens (tertiary/aromatic N) is 3. The Morgan fingerprint density at radius 1 is 1.10 bits per heavy atom. The molecule has 4 heteroatoms. The lowest BCUT2D eigenvalue weighted by atomic mass is 10.1. The first kappa shape index (κ1) is 13.9. The van der Waals surface area contributed by atoms with Crippen molar-refractivity contribution >= 4 is 21.6 Å². The molecule has 0 unspecified atom stereocenters. The highest BCUT2D eigenvalue weighted by atomic mass is 79.9.